The maximum absolute atomic E-state index is 12.2. The van der Waals surface area contributed by atoms with E-state index in [1.54, 1.807) is 36.5 Å². The van der Waals surface area contributed by atoms with Gasteiger partial charge in [-0.25, -0.2) is 9.78 Å². The van der Waals surface area contributed by atoms with Crippen LogP contribution in [0, 0.1) is 5.92 Å². The van der Waals surface area contributed by atoms with Gasteiger partial charge in [-0.1, -0.05) is 12.1 Å². The lowest BCUT2D eigenvalue weighted by Crippen LogP contribution is -2.42. The number of nitrogens with one attached hydrogen (secondary N) is 2. The largest absolute Gasteiger partial charge is 0.444 e. The zero-order chi connectivity index (χ0) is 22.4. The molecule has 2 amide bonds. The predicted molar refractivity (Wildman–Crippen MR) is 120 cm³/mol. The van der Waals surface area contributed by atoms with Crippen molar-refractivity contribution in [2.75, 3.05) is 32.0 Å². The molecule has 1 saturated heterocycles. The number of aromatic nitrogens is 2. The van der Waals surface area contributed by atoms with Crippen LogP contribution < -0.4 is 10.6 Å². The fourth-order valence-electron chi connectivity index (χ4n) is 3.40. The number of anilines is 1. The molecular weight excluding hydrogens is 394 g/mol. The quantitative estimate of drug-likeness (QED) is 0.760. The van der Waals surface area contributed by atoms with E-state index in [2.05, 4.69) is 20.6 Å². The van der Waals surface area contributed by atoms with E-state index in [0.717, 1.165) is 36.5 Å². The van der Waals surface area contributed by atoms with Gasteiger partial charge in [0.05, 0.1) is 18.1 Å². The molecule has 1 aromatic heterocycles. The molecule has 0 unspecified atom stereocenters. The van der Waals surface area contributed by atoms with Gasteiger partial charge in [-0.3, -0.25) is 9.78 Å². The van der Waals surface area contributed by atoms with E-state index in [-0.39, 0.29) is 12.0 Å². The first-order chi connectivity index (χ1) is 14.7. The molecule has 8 nitrogen and oxygen atoms in total. The second kappa shape index (κ2) is 9.76. The van der Waals surface area contributed by atoms with Crippen molar-refractivity contribution < 1.29 is 14.3 Å². The minimum absolute atomic E-state index is 0.117. The Morgan fingerprint density at radius 3 is 2.32 bits per heavy atom. The number of amides is 2. The molecule has 0 aliphatic carbocycles. The lowest BCUT2D eigenvalue weighted by Gasteiger charge is -2.33. The van der Waals surface area contributed by atoms with E-state index in [0.29, 0.717) is 24.6 Å². The van der Waals surface area contributed by atoms with Gasteiger partial charge in [-0.05, 0) is 51.7 Å². The van der Waals surface area contributed by atoms with Gasteiger partial charge in [0, 0.05) is 37.8 Å². The van der Waals surface area contributed by atoms with E-state index in [4.69, 9.17) is 4.74 Å². The molecule has 0 atom stereocenters. The summed E-state index contributed by atoms with van der Waals surface area (Å²) in [6.45, 7) is 7.85. The van der Waals surface area contributed by atoms with E-state index in [9.17, 15) is 9.59 Å². The van der Waals surface area contributed by atoms with Crippen LogP contribution in [-0.2, 0) is 4.74 Å². The first-order valence-corrected chi connectivity index (χ1v) is 10.6. The van der Waals surface area contributed by atoms with Crippen LogP contribution >= 0.6 is 0 Å². The lowest BCUT2D eigenvalue weighted by molar-refractivity contribution is 0.0188. The van der Waals surface area contributed by atoms with Crippen molar-refractivity contribution in [3.63, 3.8) is 0 Å². The first-order valence-electron chi connectivity index (χ1n) is 10.6. The number of rotatable bonds is 5. The van der Waals surface area contributed by atoms with Crippen LogP contribution in [-0.4, -0.2) is 59.2 Å². The topological polar surface area (TPSA) is 96.5 Å². The molecule has 2 N–H and O–H groups in total. The summed E-state index contributed by atoms with van der Waals surface area (Å²) in [6, 6.07) is 7.26. The third kappa shape index (κ3) is 6.41. The Morgan fingerprint density at radius 2 is 1.77 bits per heavy atom. The molecule has 0 radical (unpaired) electrons. The van der Waals surface area contributed by atoms with Crippen LogP contribution in [0.2, 0.25) is 0 Å². The second-order valence-corrected chi connectivity index (χ2v) is 8.74. The van der Waals surface area contributed by atoms with Crippen molar-refractivity contribution >= 4 is 17.8 Å². The van der Waals surface area contributed by atoms with Gasteiger partial charge in [-0.15, -0.1) is 0 Å². The second-order valence-electron chi connectivity index (χ2n) is 8.74. The highest BCUT2D eigenvalue weighted by molar-refractivity contribution is 5.94. The van der Waals surface area contributed by atoms with Gasteiger partial charge in [0.1, 0.15) is 11.4 Å². The summed E-state index contributed by atoms with van der Waals surface area (Å²) in [4.78, 5) is 34.5. The normalized spacial score (nSPS) is 14.8. The molecule has 1 aromatic carbocycles. The molecule has 1 aliphatic rings. The third-order valence-electron chi connectivity index (χ3n) is 5.16. The standard InChI is InChI=1S/C23H31N5O3/c1-23(2,3)31-22(30)28-11-9-16(10-12-28)13-26-20-15-25-19(14-27-20)17-5-7-18(8-6-17)21(29)24-4/h5-8,14-16H,9-13H2,1-4H3,(H,24,29)(H,26,27). The summed E-state index contributed by atoms with van der Waals surface area (Å²) in [6.07, 6.45) is 5.06. The van der Waals surface area contributed by atoms with E-state index < -0.39 is 5.60 Å². The van der Waals surface area contributed by atoms with E-state index >= 15 is 0 Å². The molecule has 2 aromatic rings. The Bertz CT molecular complexity index is 883. The van der Waals surface area contributed by atoms with Gasteiger partial charge in [-0.2, -0.15) is 0 Å². The fraction of sp³-hybridized carbons (Fsp3) is 0.478. The highest BCUT2D eigenvalue weighted by Gasteiger charge is 2.26. The summed E-state index contributed by atoms with van der Waals surface area (Å²) in [5.74, 6) is 1.08. The number of carbonyl (C=O) groups is 2. The van der Waals surface area contributed by atoms with E-state index in [1.807, 2.05) is 32.9 Å². The first kappa shape index (κ1) is 22.5. The number of likely N-dealkylation sites (tertiary alicyclic amines) is 1. The highest BCUT2D eigenvalue weighted by Crippen LogP contribution is 2.21. The molecule has 0 saturated carbocycles. The van der Waals surface area contributed by atoms with Crippen LogP contribution in [0.4, 0.5) is 10.6 Å². The minimum atomic E-state index is -0.466. The van der Waals surface area contributed by atoms with Crippen molar-refractivity contribution in [2.45, 2.75) is 39.2 Å². The fourth-order valence-corrected chi connectivity index (χ4v) is 3.40. The van der Waals surface area contributed by atoms with Crippen LogP contribution in [0.5, 0.6) is 0 Å². The Balaban J connectivity index is 1.47. The van der Waals surface area contributed by atoms with Crippen molar-refractivity contribution in [3.05, 3.63) is 42.2 Å². The number of piperidine rings is 1. The van der Waals surface area contributed by atoms with Gasteiger partial charge in [0.2, 0.25) is 0 Å². The summed E-state index contributed by atoms with van der Waals surface area (Å²) < 4.78 is 5.45. The minimum Gasteiger partial charge on any atom is -0.444 e. The summed E-state index contributed by atoms with van der Waals surface area (Å²) in [5.41, 5.74) is 1.79. The molecule has 0 spiro atoms. The summed E-state index contributed by atoms with van der Waals surface area (Å²) in [7, 11) is 1.61. The molecule has 1 fully saturated rings. The van der Waals surface area contributed by atoms with Crippen LogP contribution in [0.15, 0.2) is 36.7 Å². The van der Waals surface area contributed by atoms with Crippen LogP contribution in [0.25, 0.3) is 11.3 Å². The third-order valence-corrected chi connectivity index (χ3v) is 5.16. The van der Waals surface area contributed by atoms with E-state index in [1.165, 1.54) is 0 Å². The molecule has 0 bridgehead atoms. The van der Waals surface area contributed by atoms with Gasteiger partial charge in [0.25, 0.3) is 5.91 Å². The smallest absolute Gasteiger partial charge is 0.410 e. The Kier molecular flexibility index (Phi) is 7.09. The molecule has 3 rings (SSSR count). The van der Waals surface area contributed by atoms with Gasteiger partial charge < -0.3 is 20.3 Å². The number of benzene rings is 1. The van der Waals surface area contributed by atoms with Crippen molar-refractivity contribution in [2.24, 2.45) is 5.92 Å². The Hall–Kier alpha value is -3.16. The van der Waals surface area contributed by atoms with Crippen LogP contribution in [0.1, 0.15) is 44.0 Å². The summed E-state index contributed by atoms with van der Waals surface area (Å²) in [5, 5.41) is 5.95. The molecule has 2 heterocycles. The number of hydrogen-bond acceptors (Lipinski definition) is 6. The summed E-state index contributed by atoms with van der Waals surface area (Å²) >= 11 is 0. The van der Waals surface area contributed by atoms with Crippen molar-refractivity contribution in [1.82, 2.24) is 20.2 Å². The Labute approximate surface area is 183 Å². The Morgan fingerprint density at radius 1 is 1.10 bits per heavy atom. The number of ether oxygens (including phenoxy) is 1. The highest BCUT2D eigenvalue weighted by atomic mass is 16.6. The van der Waals surface area contributed by atoms with Crippen molar-refractivity contribution in [3.8, 4) is 11.3 Å². The molecule has 166 valence electrons. The van der Waals surface area contributed by atoms with Crippen molar-refractivity contribution in [1.29, 1.82) is 0 Å². The maximum Gasteiger partial charge on any atom is 0.410 e. The zero-order valence-corrected chi connectivity index (χ0v) is 18.6. The maximum atomic E-state index is 12.2. The van der Waals surface area contributed by atoms with Gasteiger partial charge >= 0.3 is 6.09 Å². The number of nitrogens with zero attached hydrogens (tertiary/aromatic N) is 3. The lowest BCUT2D eigenvalue weighted by atomic mass is 9.97. The average Bonchev–Trinajstić information content (AvgIpc) is 2.77. The monoisotopic (exact) mass is 425 g/mol. The SMILES string of the molecule is CNC(=O)c1ccc(-c2cnc(NCC3CCN(C(=O)OC(C)(C)C)CC3)cn2)cc1. The van der Waals surface area contributed by atoms with Gasteiger partial charge in [0.15, 0.2) is 0 Å². The molecule has 1 aliphatic heterocycles. The average molecular weight is 426 g/mol. The molecule has 31 heavy (non-hydrogen) atoms. The van der Waals surface area contributed by atoms with Crippen LogP contribution in [0.3, 0.4) is 0 Å². The predicted octanol–water partition coefficient (Wildman–Crippen LogP) is 3.56. The number of hydrogen-bond donors (Lipinski definition) is 2. The zero-order valence-electron chi connectivity index (χ0n) is 18.6. The molecule has 8 heteroatoms. The molecular formula is C23H31N5O3. The number of carbonyl (C=O) groups excluding carboxylic acids is 2.